The molecule has 1 amide bonds. The maximum absolute atomic E-state index is 12.2. The van der Waals surface area contributed by atoms with Gasteiger partial charge in [0.1, 0.15) is 0 Å². The van der Waals surface area contributed by atoms with E-state index in [1.165, 1.54) is 32.1 Å². The average molecular weight is 278 g/mol. The molecule has 0 aromatic rings. The Kier molecular flexibility index (Phi) is 6.19. The van der Waals surface area contributed by atoms with Gasteiger partial charge in [0, 0.05) is 23.9 Å². The van der Waals surface area contributed by atoms with Crippen LogP contribution >= 0.6 is 0 Å². The number of hydrogen-bond donors (Lipinski definition) is 1. The lowest BCUT2D eigenvalue weighted by Gasteiger charge is -2.38. The van der Waals surface area contributed by atoms with Crippen LogP contribution < -0.4 is 5.32 Å². The van der Waals surface area contributed by atoms with Gasteiger partial charge >= 0.3 is 0 Å². The van der Waals surface area contributed by atoms with Crippen LogP contribution in [0.15, 0.2) is 5.11 Å². The Labute approximate surface area is 121 Å². The normalized spacial score (nSPS) is 29.1. The first-order chi connectivity index (χ1) is 9.81. The summed E-state index contributed by atoms with van der Waals surface area (Å²) in [5.41, 5.74) is 8.16. The Bertz CT molecular complexity index is 365. The van der Waals surface area contributed by atoms with Crippen molar-refractivity contribution in [1.29, 1.82) is 0 Å². The number of fused-ring (bicyclic) bond motifs is 1. The van der Waals surface area contributed by atoms with E-state index >= 15 is 0 Å². The summed E-state index contributed by atoms with van der Waals surface area (Å²) >= 11 is 0. The zero-order valence-electron chi connectivity index (χ0n) is 12.3. The van der Waals surface area contributed by atoms with Crippen LogP contribution in [0, 0.1) is 17.8 Å². The van der Waals surface area contributed by atoms with Crippen LogP contribution in [0.3, 0.4) is 0 Å². The number of amides is 1. The molecule has 3 atom stereocenters. The second-order valence-corrected chi connectivity index (χ2v) is 6.27. The third-order valence-corrected chi connectivity index (χ3v) is 4.96. The van der Waals surface area contributed by atoms with Gasteiger partial charge in [0.15, 0.2) is 0 Å². The molecule has 0 spiro atoms. The van der Waals surface area contributed by atoms with Crippen molar-refractivity contribution >= 4 is 5.91 Å². The largest absolute Gasteiger partial charge is 0.356 e. The number of nitrogens with one attached hydrogen (secondary N) is 1. The molecule has 1 N–H and O–H groups in total. The predicted molar refractivity (Wildman–Crippen MR) is 79.0 cm³/mol. The summed E-state index contributed by atoms with van der Waals surface area (Å²) in [5.74, 6) is 2.19. The molecule has 2 rings (SSSR count). The van der Waals surface area contributed by atoms with Crippen LogP contribution in [0.25, 0.3) is 10.4 Å². The van der Waals surface area contributed by atoms with Crippen LogP contribution in [0.1, 0.15) is 57.8 Å². The van der Waals surface area contributed by atoms with Gasteiger partial charge in [-0.2, -0.15) is 0 Å². The second-order valence-electron chi connectivity index (χ2n) is 6.27. The quantitative estimate of drug-likeness (QED) is 0.341. The fourth-order valence-electron chi connectivity index (χ4n) is 3.82. The molecule has 0 aromatic heterocycles. The van der Waals surface area contributed by atoms with E-state index in [4.69, 9.17) is 5.53 Å². The van der Waals surface area contributed by atoms with E-state index in [-0.39, 0.29) is 11.8 Å². The molecule has 0 saturated heterocycles. The monoisotopic (exact) mass is 278 g/mol. The van der Waals surface area contributed by atoms with Crippen molar-refractivity contribution in [2.45, 2.75) is 57.8 Å². The molecular weight excluding hydrogens is 252 g/mol. The zero-order valence-corrected chi connectivity index (χ0v) is 12.3. The molecule has 2 aliphatic rings. The van der Waals surface area contributed by atoms with E-state index in [1.54, 1.807) is 0 Å². The third-order valence-electron chi connectivity index (χ3n) is 4.96. The van der Waals surface area contributed by atoms with E-state index in [0.29, 0.717) is 13.1 Å². The molecule has 112 valence electrons. The van der Waals surface area contributed by atoms with Crippen LogP contribution in [-0.4, -0.2) is 19.0 Å². The van der Waals surface area contributed by atoms with Crippen molar-refractivity contribution in [1.82, 2.24) is 5.32 Å². The second kappa shape index (κ2) is 8.15. The molecule has 3 unspecified atom stereocenters. The van der Waals surface area contributed by atoms with E-state index in [1.807, 2.05) is 0 Å². The summed E-state index contributed by atoms with van der Waals surface area (Å²) in [4.78, 5) is 14.9. The fourth-order valence-corrected chi connectivity index (χ4v) is 3.82. The van der Waals surface area contributed by atoms with Gasteiger partial charge in [0.25, 0.3) is 0 Å². The molecule has 5 nitrogen and oxygen atoms in total. The Morgan fingerprint density at radius 2 is 1.95 bits per heavy atom. The molecule has 0 aliphatic heterocycles. The third kappa shape index (κ3) is 4.41. The average Bonchev–Trinajstić information content (AvgIpc) is 2.50. The van der Waals surface area contributed by atoms with E-state index in [2.05, 4.69) is 15.3 Å². The summed E-state index contributed by atoms with van der Waals surface area (Å²) in [6.07, 6.45) is 10.6. The maximum atomic E-state index is 12.2. The Morgan fingerprint density at radius 3 is 2.75 bits per heavy atom. The van der Waals surface area contributed by atoms with E-state index in [0.717, 1.165) is 37.5 Å². The highest BCUT2D eigenvalue weighted by Gasteiger charge is 2.34. The highest BCUT2D eigenvalue weighted by atomic mass is 16.1. The minimum Gasteiger partial charge on any atom is -0.356 e. The zero-order chi connectivity index (χ0) is 14.2. The molecule has 0 heterocycles. The lowest BCUT2D eigenvalue weighted by Crippen LogP contribution is -2.37. The van der Waals surface area contributed by atoms with Gasteiger partial charge in [-0.25, -0.2) is 0 Å². The van der Waals surface area contributed by atoms with Crippen LogP contribution in [0.5, 0.6) is 0 Å². The molecular formula is C15H26N4O. The van der Waals surface area contributed by atoms with Crippen molar-refractivity contribution in [2.24, 2.45) is 22.9 Å². The number of azide groups is 1. The van der Waals surface area contributed by atoms with Crippen molar-refractivity contribution in [3.05, 3.63) is 10.4 Å². The molecule has 2 aliphatic carbocycles. The highest BCUT2D eigenvalue weighted by Crippen LogP contribution is 2.42. The minimum atomic E-state index is 0.242. The lowest BCUT2D eigenvalue weighted by molar-refractivity contribution is -0.127. The van der Waals surface area contributed by atoms with Crippen LogP contribution in [0.4, 0.5) is 0 Å². The topological polar surface area (TPSA) is 77.9 Å². The van der Waals surface area contributed by atoms with E-state index in [9.17, 15) is 4.79 Å². The summed E-state index contributed by atoms with van der Waals surface area (Å²) in [5, 5.41) is 6.54. The Hall–Kier alpha value is -1.22. The molecule has 0 bridgehead atoms. The predicted octanol–water partition coefficient (Wildman–Crippen LogP) is 3.80. The molecule has 0 aromatic carbocycles. The van der Waals surface area contributed by atoms with Crippen molar-refractivity contribution in [3.8, 4) is 0 Å². The van der Waals surface area contributed by atoms with E-state index < -0.39 is 0 Å². The number of hydrogen-bond acceptors (Lipinski definition) is 2. The standard InChI is InChI=1S/C15H26N4O/c16-19-18-10-4-3-9-17-15(20)14-8-7-12-5-1-2-6-13(12)11-14/h12-14H,1-11H2,(H,17,20). The molecule has 5 heteroatoms. The van der Waals surface area contributed by atoms with Crippen molar-refractivity contribution in [2.75, 3.05) is 13.1 Å². The summed E-state index contributed by atoms with van der Waals surface area (Å²) in [7, 11) is 0. The maximum Gasteiger partial charge on any atom is 0.223 e. The highest BCUT2D eigenvalue weighted by molar-refractivity contribution is 5.78. The van der Waals surface area contributed by atoms with Crippen LogP contribution in [0.2, 0.25) is 0 Å². The summed E-state index contributed by atoms with van der Waals surface area (Å²) < 4.78 is 0. The first kappa shape index (κ1) is 15.2. The van der Waals surface area contributed by atoms with Gasteiger partial charge in [0.2, 0.25) is 5.91 Å². The van der Waals surface area contributed by atoms with Crippen molar-refractivity contribution in [3.63, 3.8) is 0 Å². The smallest absolute Gasteiger partial charge is 0.223 e. The van der Waals surface area contributed by atoms with Crippen molar-refractivity contribution < 1.29 is 4.79 Å². The summed E-state index contributed by atoms with van der Waals surface area (Å²) in [6, 6.07) is 0. The minimum absolute atomic E-state index is 0.242. The molecule has 2 fully saturated rings. The number of rotatable bonds is 6. The van der Waals surface area contributed by atoms with Gasteiger partial charge in [-0.15, -0.1) is 0 Å². The fraction of sp³-hybridized carbons (Fsp3) is 0.933. The number of carbonyl (C=O) groups excluding carboxylic acids is 1. The Morgan fingerprint density at radius 1 is 1.15 bits per heavy atom. The van der Waals surface area contributed by atoms with Gasteiger partial charge in [0.05, 0.1) is 0 Å². The van der Waals surface area contributed by atoms with Gasteiger partial charge < -0.3 is 5.32 Å². The Balaban J connectivity index is 1.64. The molecule has 20 heavy (non-hydrogen) atoms. The lowest BCUT2D eigenvalue weighted by atomic mass is 9.67. The first-order valence-corrected chi connectivity index (χ1v) is 8.10. The number of nitrogens with zero attached hydrogens (tertiary/aromatic N) is 3. The van der Waals surface area contributed by atoms with Gasteiger partial charge in [-0.1, -0.05) is 30.8 Å². The number of carbonyl (C=O) groups is 1. The SMILES string of the molecule is [N-]=[N+]=NCCCCNC(=O)C1CCC2CCCCC2C1. The first-order valence-electron chi connectivity index (χ1n) is 8.10. The van der Waals surface area contributed by atoms with Crippen LogP contribution in [-0.2, 0) is 4.79 Å². The number of unbranched alkanes of at least 4 members (excludes halogenated alkanes) is 1. The summed E-state index contributed by atoms with van der Waals surface area (Å²) in [6.45, 7) is 1.24. The molecule has 0 radical (unpaired) electrons. The van der Waals surface area contributed by atoms with Gasteiger partial charge in [-0.05, 0) is 49.5 Å². The van der Waals surface area contributed by atoms with Gasteiger partial charge in [-0.3, -0.25) is 4.79 Å². The molecule has 2 saturated carbocycles.